The fourth-order valence-corrected chi connectivity index (χ4v) is 4.30. The van der Waals surface area contributed by atoms with E-state index in [-0.39, 0.29) is 11.0 Å². The summed E-state index contributed by atoms with van der Waals surface area (Å²) in [5, 5.41) is 6.62. The van der Waals surface area contributed by atoms with E-state index >= 15 is 0 Å². The zero-order valence-corrected chi connectivity index (χ0v) is 16.8. The number of hydrogen-bond donors (Lipinski definition) is 2. The smallest absolute Gasteiger partial charge is 0.258 e. The monoisotopic (exact) mass is 467 g/mol. The Hall–Kier alpha value is -1.58. The van der Waals surface area contributed by atoms with E-state index < -0.39 is 0 Å². The number of thiocarbonyl (C=S) groups is 1. The SMILES string of the molecule is Cc1cc(C)c2nc(NC(=S)NC(=O)c3ccccc3I)sc2c1. The maximum Gasteiger partial charge on any atom is 0.258 e. The second-order valence-electron chi connectivity index (χ2n) is 5.34. The normalized spacial score (nSPS) is 10.6. The Labute approximate surface area is 162 Å². The number of fused-ring (bicyclic) bond motifs is 1. The Morgan fingerprint density at radius 2 is 2.00 bits per heavy atom. The minimum Gasteiger partial charge on any atom is -0.308 e. The Kier molecular flexibility index (Phi) is 5.12. The highest BCUT2D eigenvalue weighted by atomic mass is 127. The van der Waals surface area contributed by atoms with E-state index in [0.717, 1.165) is 19.4 Å². The second-order valence-corrected chi connectivity index (χ2v) is 7.94. The Bertz CT molecular complexity index is 952. The quantitative estimate of drug-likeness (QED) is 0.426. The van der Waals surface area contributed by atoms with Crippen LogP contribution in [0.5, 0.6) is 0 Å². The van der Waals surface area contributed by atoms with Gasteiger partial charge >= 0.3 is 0 Å². The molecule has 0 aliphatic heterocycles. The van der Waals surface area contributed by atoms with Crippen LogP contribution in [0.25, 0.3) is 10.2 Å². The number of halogens is 1. The minimum atomic E-state index is -0.231. The van der Waals surface area contributed by atoms with Gasteiger partial charge in [0.2, 0.25) is 0 Å². The average Bonchev–Trinajstić information content (AvgIpc) is 2.89. The number of thiazole rings is 1. The Morgan fingerprint density at radius 3 is 2.75 bits per heavy atom. The molecule has 4 nitrogen and oxygen atoms in total. The third-order valence-corrected chi connectivity index (χ3v) is 5.46. The van der Waals surface area contributed by atoms with Crippen LogP contribution in [0.4, 0.5) is 5.13 Å². The van der Waals surface area contributed by atoms with Crippen molar-refractivity contribution >= 4 is 72.5 Å². The highest BCUT2D eigenvalue weighted by Crippen LogP contribution is 2.29. The van der Waals surface area contributed by atoms with Crippen LogP contribution in [-0.4, -0.2) is 16.0 Å². The largest absolute Gasteiger partial charge is 0.308 e. The van der Waals surface area contributed by atoms with Gasteiger partial charge in [0.1, 0.15) is 0 Å². The van der Waals surface area contributed by atoms with Gasteiger partial charge in [-0.25, -0.2) is 4.98 Å². The molecule has 0 aliphatic rings. The van der Waals surface area contributed by atoms with Crippen LogP contribution in [0.1, 0.15) is 21.5 Å². The zero-order chi connectivity index (χ0) is 17.3. The molecule has 24 heavy (non-hydrogen) atoms. The Balaban J connectivity index is 1.74. The van der Waals surface area contributed by atoms with Gasteiger partial charge in [-0.3, -0.25) is 10.1 Å². The minimum absolute atomic E-state index is 0.231. The number of anilines is 1. The van der Waals surface area contributed by atoms with Crippen molar-refractivity contribution in [1.29, 1.82) is 0 Å². The van der Waals surface area contributed by atoms with E-state index in [4.69, 9.17) is 12.2 Å². The lowest BCUT2D eigenvalue weighted by Crippen LogP contribution is -2.34. The molecule has 7 heteroatoms. The van der Waals surface area contributed by atoms with E-state index in [1.54, 1.807) is 6.07 Å². The first kappa shape index (κ1) is 17.2. The fraction of sp³-hybridized carbons (Fsp3) is 0.118. The predicted molar refractivity (Wildman–Crippen MR) is 112 cm³/mol. The molecule has 0 aliphatic carbocycles. The number of nitrogens with zero attached hydrogens (tertiary/aromatic N) is 1. The van der Waals surface area contributed by atoms with Crippen molar-refractivity contribution in [2.75, 3.05) is 5.32 Å². The van der Waals surface area contributed by atoms with Crippen molar-refractivity contribution in [1.82, 2.24) is 10.3 Å². The molecule has 0 atom stereocenters. The molecule has 0 saturated heterocycles. The molecule has 0 fully saturated rings. The van der Waals surface area contributed by atoms with Gasteiger partial charge < -0.3 is 5.32 Å². The first-order valence-electron chi connectivity index (χ1n) is 7.18. The van der Waals surface area contributed by atoms with Gasteiger partial charge in [0.25, 0.3) is 5.91 Å². The lowest BCUT2D eigenvalue weighted by molar-refractivity contribution is 0.0977. The van der Waals surface area contributed by atoms with Gasteiger partial charge in [-0.1, -0.05) is 29.5 Å². The summed E-state index contributed by atoms with van der Waals surface area (Å²) in [6.07, 6.45) is 0. The molecule has 2 aromatic carbocycles. The van der Waals surface area contributed by atoms with Crippen molar-refractivity contribution in [2.45, 2.75) is 13.8 Å². The summed E-state index contributed by atoms with van der Waals surface area (Å²) >= 11 is 8.88. The van der Waals surface area contributed by atoms with Crippen molar-refractivity contribution in [3.8, 4) is 0 Å². The van der Waals surface area contributed by atoms with Crippen LogP contribution in [0.15, 0.2) is 36.4 Å². The topological polar surface area (TPSA) is 54.0 Å². The molecular weight excluding hydrogens is 453 g/mol. The van der Waals surface area contributed by atoms with E-state index in [0.29, 0.717) is 10.7 Å². The van der Waals surface area contributed by atoms with Crippen LogP contribution in [0.2, 0.25) is 0 Å². The first-order chi connectivity index (χ1) is 11.4. The van der Waals surface area contributed by atoms with E-state index in [9.17, 15) is 4.79 Å². The first-order valence-corrected chi connectivity index (χ1v) is 9.49. The molecule has 0 bridgehead atoms. The van der Waals surface area contributed by atoms with Crippen LogP contribution in [-0.2, 0) is 0 Å². The summed E-state index contributed by atoms with van der Waals surface area (Å²) in [4.78, 5) is 16.8. The number of rotatable bonds is 2. The zero-order valence-electron chi connectivity index (χ0n) is 13.0. The molecule has 0 saturated carbocycles. The molecule has 0 radical (unpaired) electrons. The van der Waals surface area contributed by atoms with Crippen molar-refractivity contribution < 1.29 is 4.79 Å². The summed E-state index contributed by atoms with van der Waals surface area (Å²) < 4.78 is 1.98. The Morgan fingerprint density at radius 1 is 1.25 bits per heavy atom. The van der Waals surface area contributed by atoms with Gasteiger partial charge in [-0.2, -0.15) is 0 Å². The fourth-order valence-electron chi connectivity index (χ4n) is 2.37. The number of nitrogens with one attached hydrogen (secondary N) is 2. The molecule has 122 valence electrons. The lowest BCUT2D eigenvalue weighted by Gasteiger charge is -2.08. The van der Waals surface area contributed by atoms with Crippen LogP contribution in [0.3, 0.4) is 0 Å². The van der Waals surface area contributed by atoms with E-state index in [1.807, 2.05) is 25.1 Å². The van der Waals surface area contributed by atoms with E-state index in [1.165, 1.54) is 16.9 Å². The van der Waals surface area contributed by atoms with Crippen LogP contribution in [0, 0.1) is 17.4 Å². The third-order valence-electron chi connectivity index (χ3n) is 3.40. The van der Waals surface area contributed by atoms with E-state index in [2.05, 4.69) is 57.3 Å². The number of amides is 1. The molecule has 0 spiro atoms. The van der Waals surface area contributed by atoms with Crippen LogP contribution < -0.4 is 10.6 Å². The molecule has 1 aromatic heterocycles. The molecule has 1 heterocycles. The highest BCUT2D eigenvalue weighted by molar-refractivity contribution is 14.1. The number of carbonyl (C=O) groups is 1. The number of aryl methyl sites for hydroxylation is 2. The molecular formula is C17H14IN3OS2. The molecule has 3 rings (SSSR count). The summed E-state index contributed by atoms with van der Waals surface area (Å²) in [5.74, 6) is -0.231. The highest BCUT2D eigenvalue weighted by Gasteiger charge is 2.13. The summed E-state index contributed by atoms with van der Waals surface area (Å²) in [5.41, 5.74) is 3.88. The van der Waals surface area contributed by atoms with Crippen LogP contribution >= 0.6 is 46.1 Å². The van der Waals surface area contributed by atoms with Gasteiger partial charge in [0.05, 0.1) is 15.8 Å². The summed E-state index contributed by atoms with van der Waals surface area (Å²) in [7, 11) is 0. The number of benzene rings is 2. The molecule has 1 amide bonds. The average molecular weight is 467 g/mol. The summed E-state index contributed by atoms with van der Waals surface area (Å²) in [6.45, 7) is 4.10. The van der Waals surface area contributed by atoms with Gasteiger partial charge in [-0.05, 0) is 78.0 Å². The predicted octanol–water partition coefficient (Wildman–Crippen LogP) is 4.64. The molecule has 3 aromatic rings. The number of carbonyl (C=O) groups excluding carboxylic acids is 1. The standard InChI is InChI=1S/C17H14IN3OS2/c1-9-7-10(2)14-13(8-9)24-17(19-14)21-16(23)20-15(22)11-5-3-4-6-12(11)18/h3-8H,1-2H3,(H2,19,20,21,22,23). The lowest BCUT2D eigenvalue weighted by atomic mass is 10.1. The molecule has 2 N–H and O–H groups in total. The van der Waals surface area contributed by atoms with Crippen molar-refractivity contribution in [3.63, 3.8) is 0 Å². The van der Waals surface area contributed by atoms with Crippen molar-refractivity contribution in [3.05, 3.63) is 56.7 Å². The van der Waals surface area contributed by atoms with Gasteiger partial charge in [0, 0.05) is 3.57 Å². The maximum atomic E-state index is 12.3. The van der Waals surface area contributed by atoms with Gasteiger partial charge in [0.15, 0.2) is 10.2 Å². The number of aromatic nitrogens is 1. The molecule has 0 unspecified atom stereocenters. The number of hydrogen-bond acceptors (Lipinski definition) is 4. The van der Waals surface area contributed by atoms with Gasteiger partial charge in [-0.15, -0.1) is 0 Å². The van der Waals surface area contributed by atoms with Crippen molar-refractivity contribution in [2.24, 2.45) is 0 Å². The second kappa shape index (κ2) is 7.12. The maximum absolute atomic E-state index is 12.3. The summed E-state index contributed by atoms with van der Waals surface area (Å²) in [6, 6.07) is 11.6. The third kappa shape index (κ3) is 3.73.